The van der Waals surface area contributed by atoms with Gasteiger partial charge in [0, 0.05) is 37.5 Å². The first-order valence-electron chi connectivity index (χ1n) is 6.88. The van der Waals surface area contributed by atoms with Crippen molar-refractivity contribution in [2.24, 2.45) is 5.92 Å². The molecule has 0 unspecified atom stereocenters. The maximum atomic E-state index is 4.42. The summed E-state index contributed by atoms with van der Waals surface area (Å²) < 4.78 is 3.98. The molecule has 2 heterocycles. The number of hydrogen-bond donors (Lipinski definition) is 1. The van der Waals surface area contributed by atoms with E-state index in [-0.39, 0.29) is 12.4 Å². The van der Waals surface area contributed by atoms with Gasteiger partial charge in [-0.3, -0.25) is 4.68 Å². The predicted octanol–water partition coefficient (Wildman–Crippen LogP) is 3.10. The van der Waals surface area contributed by atoms with E-state index in [2.05, 4.69) is 48.5 Å². The van der Waals surface area contributed by atoms with Crippen LogP contribution in [0.5, 0.6) is 0 Å². The number of halogens is 1. The molecule has 5 nitrogen and oxygen atoms in total. The molecule has 0 aliphatic rings. The molecule has 112 valence electrons. The molecule has 1 N–H and O–H groups in total. The number of rotatable bonds is 6. The van der Waals surface area contributed by atoms with Crippen molar-refractivity contribution in [2.45, 2.75) is 47.3 Å². The molecule has 2 aromatic heterocycles. The number of aryl methyl sites for hydroxylation is 2. The molecule has 0 radical (unpaired) electrons. The van der Waals surface area contributed by atoms with Gasteiger partial charge in [-0.1, -0.05) is 13.8 Å². The van der Waals surface area contributed by atoms with E-state index in [0.717, 1.165) is 31.1 Å². The number of anilines is 1. The third-order valence-electron chi connectivity index (χ3n) is 2.91. The highest BCUT2D eigenvalue weighted by Gasteiger charge is 2.05. The summed E-state index contributed by atoms with van der Waals surface area (Å²) in [5, 5.41) is 12.2. The van der Waals surface area contributed by atoms with Crippen LogP contribution < -0.4 is 5.32 Å². The van der Waals surface area contributed by atoms with Gasteiger partial charge in [0.2, 0.25) is 0 Å². The molecule has 0 saturated heterocycles. The fourth-order valence-electron chi connectivity index (χ4n) is 2.09. The highest BCUT2D eigenvalue weighted by Crippen LogP contribution is 2.11. The van der Waals surface area contributed by atoms with E-state index in [9.17, 15) is 0 Å². The van der Waals surface area contributed by atoms with Gasteiger partial charge >= 0.3 is 0 Å². The second kappa shape index (κ2) is 7.33. The molecule has 20 heavy (non-hydrogen) atoms. The van der Waals surface area contributed by atoms with Crippen molar-refractivity contribution in [3.63, 3.8) is 0 Å². The van der Waals surface area contributed by atoms with Crippen LogP contribution in [0.1, 0.15) is 32.0 Å². The minimum Gasteiger partial charge on any atom is -0.366 e. The summed E-state index contributed by atoms with van der Waals surface area (Å²) in [5.41, 5.74) is 2.24. The van der Waals surface area contributed by atoms with E-state index in [4.69, 9.17) is 0 Å². The van der Waals surface area contributed by atoms with E-state index in [0.29, 0.717) is 5.92 Å². The van der Waals surface area contributed by atoms with Gasteiger partial charge in [0.15, 0.2) is 0 Å². The molecular weight excluding hydrogens is 274 g/mol. The van der Waals surface area contributed by atoms with Crippen LogP contribution in [0.15, 0.2) is 18.5 Å². The van der Waals surface area contributed by atoms with Crippen molar-refractivity contribution in [1.29, 1.82) is 0 Å². The lowest BCUT2D eigenvalue weighted by Gasteiger charge is -2.06. The summed E-state index contributed by atoms with van der Waals surface area (Å²) >= 11 is 0. The first-order chi connectivity index (χ1) is 9.08. The third kappa shape index (κ3) is 4.27. The Morgan fingerprint density at radius 2 is 2.10 bits per heavy atom. The number of hydrogen-bond acceptors (Lipinski definition) is 3. The third-order valence-corrected chi connectivity index (χ3v) is 2.91. The van der Waals surface area contributed by atoms with Crippen LogP contribution in [0.4, 0.5) is 5.82 Å². The minimum atomic E-state index is 0. The molecule has 0 amide bonds. The molecule has 0 aromatic carbocycles. The van der Waals surface area contributed by atoms with Crippen LogP contribution in [0.3, 0.4) is 0 Å². The number of nitrogens with zero attached hydrogens (tertiary/aromatic N) is 4. The van der Waals surface area contributed by atoms with E-state index in [1.165, 1.54) is 5.56 Å². The Hall–Kier alpha value is -1.49. The van der Waals surface area contributed by atoms with Crippen molar-refractivity contribution in [3.8, 4) is 0 Å². The van der Waals surface area contributed by atoms with Crippen LogP contribution in [-0.4, -0.2) is 19.6 Å². The lowest BCUT2D eigenvalue weighted by molar-refractivity contribution is 0.483. The highest BCUT2D eigenvalue weighted by molar-refractivity contribution is 5.85. The summed E-state index contributed by atoms with van der Waals surface area (Å²) in [6, 6.07) is 2.07. The van der Waals surface area contributed by atoms with Crippen LogP contribution in [-0.2, 0) is 19.6 Å². The average Bonchev–Trinajstić information content (AvgIpc) is 2.92. The molecule has 0 atom stereocenters. The van der Waals surface area contributed by atoms with Crippen LogP contribution >= 0.6 is 12.4 Å². The smallest absolute Gasteiger partial charge is 0.124 e. The molecule has 0 fully saturated rings. The van der Waals surface area contributed by atoms with Crippen molar-refractivity contribution < 1.29 is 0 Å². The molecule has 0 aliphatic heterocycles. The molecular formula is C14H24ClN5. The Labute approximate surface area is 126 Å². The van der Waals surface area contributed by atoms with Crippen LogP contribution in [0, 0.1) is 12.8 Å². The van der Waals surface area contributed by atoms with Crippen molar-refractivity contribution in [2.75, 3.05) is 5.32 Å². The Balaban J connectivity index is 0.00000200. The minimum absolute atomic E-state index is 0. The van der Waals surface area contributed by atoms with E-state index >= 15 is 0 Å². The molecule has 2 rings (SSSR count). The monoisotopic (exact) mass is 297 g/mol. The molecule has 0 aliphatic carbocycles. The van der Waals surface area contributed by atoms with Crippen LogP contribution in [0.25, 0.3) is 0 Å². The Morgan fingerprint density at radius 1 is 1.35 bits per heavy atom. The zero-order valence-corrected chi connectivity index (χ0v) is 13.4. The zero-order valence-electron chi connectivity index (χ0n) is 12.6. The van der Waals surface area contributed by atoms with Gasteiger partial charge in [0.1, 0.15) is 5.82 Å². The average molecular weight is 298 g/mol. The Morgan fingerprint density at radius 3 is 2.75 bits per heavy atom. The summed E-state index contributed by atoms with van der Waals surface area (Å²) in [4.78, 5) is 0. The van der Waals surface area contributed by atoms with Crippen LogP contribution in [0.2, 0.25) is 0 Å². The maximum absolute atomic E-state index is 4.42. The van der Waals surface area contributed by atoms with Crippen molar-refractivity contribution in [1.82, 2.24) is 19.6 Å². The van der Waals surface area contributed by atoms with Crippen molar-refractivity contribution >= 4 is 18.2 Å². The van der Waals surface area contributed by atoms with Gasteiger partial charge in [-0.15, -0.1) is 12.4 Å². The van der Waals surface area contributed by atoms with E-state index in [1.807, 2.05) is 22.5 Å². The first-order valence-corrected chi connectivity index (χ1v) is 6.88. The van der Waals surface area contributed by atoms with Gasteiger partial charge in [-0.05, 0) is 19.8 Å². The molecule has 6 heteroatoms. The summed E-state index contributed by atoms with van der Waals surface area (Å²) in [6.07, 6.45) is 4.03. The maximum Gasteiger partial charge on any atom is 0.124 e. The van der Waals surface area contributed by atoms with Gasteiger partial charge in [-0.25, -0.2) is 4.68 Å². The normalized spacial score (nSPS) is 10.7. The van der Waals surface area contributed by atoms with Gasteiger partial charge in [0.05, 0.1) is 11.9 Å². The lowest BCUT2D eigenvalue weighted by atomic mass is 10.2. The fraction of sp³-hybridized carbons (Fsp3) is 0.571. The fourth-order valence-corrected chi connectivity index (χ4v) is 2.09. The molecule has 0 bridgehead atoms. The molecule has 0 spiro atoms. The summed E-state index contributed by atoms with van der Waals surface area (Å²) in [7, 11) is 0. The highest BCUT2D eigenvalue weighted by atomic mass is 35.5. The van der Waals surface area contributed by atoms with Gasteiger partial charge < -0.3 is 5.32 Å². The quantitative estimate of drug-likeness (QED) is 0.891. The summed E-state index contributed by atoms with van der Waals surface area (Å²) in [5.74, 6) is 1.68. The predicted molar refractivity (Wildman–Crippen MR) is 84.3 cm³/mol. The second-order valence-electron chi connectivity index (χ2n) is 5.30. The van der Waals surface area contributed by atoms with E-state index in [1.54, 1.807) is 0 Å². The Bertz CT molecular complexity index is 529. The molecule has 2 aromatic rings. The Kier molecular flexibility index (Phi) is 6.07. The van der Waals surface area contributed by atoms with Crippen molar-refractivity contribution in [3.05, 3.63) is 29.7 Å². The zero-order chi connectivity index (χ0) is 13.8. The SMILES string of the molecule is CCn1nc(C)cc1NCc1cnn(CC(C)C)c1.Cl. The van der Waals surface area contributed by atoms with E-state index < -0.39 is 0 Å². The first kappa shape index (κ1) is 16.6. The topological polar surface area (TPSA) is 47.7 Å². The second-order valence-corrected chi connectivity index (χ2v) is 5.30. The lowest BCUT2D eigenvalue weighted by Crippen LogP contribution is -2.07. The number of aromatic nitrogens is 4. The van der Waals surface area contributed by atoms with Gasteiger partial charge in [-0.2, -0.15) is 10.2 Å². The molecule has 0 saturated carbocycles. The standard InChI is InChI=1S/C14H23N5.ClH/c1-5-19-14(6-12(4)17-19)15-7-13-8-16-18(10-13)9-11(2)3;/h6,8,10-11,15H,5,7,9H2,1-4H3;1H. The largest absolute Gasteiger partial charge is 0.366 e. The number of nitrogens with one attached hydrogen (secondary N) is 1. The van der Waals surface area contributed by atoms with Gasteiger partial charge in [0.25, 0.3) is 0 Å². The summed E-state index contributed by atoms with van der Waals surface area (Å²) in [6.45, 7) is 11.1.